The van der Waals surface area contributed by atoms with Gasteiger partial charge in [-0.25, -0.2) is 0 Å². The Hall–Kier alpha value is -3.25. The average Bonchev–Trinajstić information content (AvgIpc) is 3.33. The van der Waals surface area contributed by atoms with Crippen molar-refractivity contribution < 1.29 is 4.42 Å². The highest BCUT2D eigenvalue weighted by atomic mass is 32.1. The topological polar surface area (TPSA) is 56.2 Å². The van der Waals surface area contributed by atoms with Crippen LogP contribution in [0.25, 0.3) is 39.7 Å². The van der Waals surface area contributed by atoms with Gasteiger partial charge in [0.2, 0.25) is 10.8 Å². The molecule has 5 rings (SSSR count). The molecule has 0 radical (unpaired) electrons. The van der Waals surface area contributed by atoms with Crippen molar-refractivity contribution in [2.45, 2.75) is 0 Å². The van der Waals surface area contributed by atoms with E-state index in [4.69, 9.17) is 4.42 Å². The normalized spacial score (nSPS) is 11.8. The summed E-state index contributed by atoms with van der Waals surface area (Å²) in [5.74, 6) is 1.28. The number of para-hydroxylation sites is 1. The molecular formula is C19H12N4OS. The average molecular weight is 344 g/mol. The molecule has 0 bridgehead atoms. The van der Waals surface area contributed by atoms with E-state index in [9.17, 15) is 0 Å². The second kappa shape index (κ2) is 5.68. The van der Waals surface area contributed by atoms with Crippen molar-refractivity contribution in [2.75, 3.05) is 0 Å². The molecule has 0 aliphatic carbocycles. The van der Waals surface area contributed by atoms with Crippen LogP contribution in [0.3, 0.4) is 0 Å². The predicted molar refractivity (Wildman–Crippen MR) is 99.2 cm³/mol. The van der Waals surface area contributed by atoms with Gasteiger partial charge in [-0.1, -0.05) is 65.9 Å². The van der Waals surface area contributed by atoms with Gasteiger partial charge in [0.15, 0.2) is 5.76 Å². The van der Waals surface area contributed by atoms with Crippen LogP contribution < -0.4 is 0 Å². The van der Waals surface area contributed by atoms with Crippen molar-refractivity contribution in [1.82, 2.24) is 19.8 Å². The Bertz CT molecular complexity index is 1170. The zero-order valence-electron chi connectivity index (χ0n) is 13.0. The van der Waals surface area contributed by atoms with E-state index < -0.39 is 0 Å². The molecule has 0 spiro atoms. The van der Waals surface area contributed by atoms with Gasteiger partial charge < -0.3 is 4.42 Å². The second-order valence-electron chi connectivity index (χ2n) is 5.55. The summed E-state index contributed by atoms with van der Waals surface area (Å²) in [4.78, 5) is 0.739. The monoisotopic (exact) mass is 344 g/mol. The molecule has 5 aromatic rings. The molecule has 0 fully saturated rings. The summed E-state index contributed by atoms with van der Waals surface area (Å²) >= 11 is 1.49. The van der Waals surface area contributed by atoms with Gasteiger partial charge in [0, 0.05) is 5.39 Å². The standard InChI is InChI=1S/C19H12N4OS/c1-2-6-13(7-3-1)10-11-17-22-23-18(20-21-19(23)25-17)16-12-14-8-4-5-9-15(14)24-16/h1-12H. The Morgan fingerprint density at radius 2 is 1.76 bits per heavy atom. The maximum Gasteiger partial charge on any atom is 0.235 e. The van der Waals surface area contributed by atoms with Gasteiger partial charge >= 0.3 is 0 Å². The van der Waals surface area contributed by atoms with Crippen LogP contribution in [-0.2, 0) is 0 Å². The number of fused-ring (bicyclic) bond motifs is 2. The van der Waals surface area contributed by atoms with E-state index in [1.165, 1.54) is 11.3 Å². The Morgan fingerprint density at radius 1 is 0.920 bits per heavy atom. The smallest absolute Gasteiger partial charge is 0.235 e. The fraction of sp³-hybridized carbons (Fsp3) is 0. The fourth-order valence-corrected chi connectivity index (χ4v) is 3.42. The van der Waals surface area contributed by atoms with E-state index in [2.05, 4.69) is 27.4 Å². The minimum atomic E-state index is 0.613. The van der Waals surface area contributed by atoms with Crippen molar-refractivity contribution in [1.29, 1.82) is 0 Å². The molecule has 0 N–H and O–H groups in total. The second-order valence-corrected chi connectivity index (χ2v) is 6.54. The van der Waals surface area contributed by atoms with E-state index in [0.717, 1.165) is 26.5 Å². The van der Waals surface area contributed by atoms with Crippen LogP contribution in [0.2, 0.25) is 0 Å². The van der Waals surface area contributed by atoms with Gasteiger partial charge in [0.1, 0.15) is 10.6 Å². The largest absolute Gasteiger partial charge is 0.453 e. The minimum absolute atomic E-state index is 0.613. The molecule has 0 unspecified atom stereocenters. The Labute approximate surface area is 146 Å². The van der Waals surface area contributed by atoms with Gasteiger partial charge in [-0.05, 0) is 23.8 Å². The third-order valence-electron chi connectivity index (χ3n) is 3.87. The zero-order chi connectivity index (χ0) is 16.6. The van der Waals surface area contributed by atoms with Crippen molar-refractivity contribution in [3.8, 4) is 11.6 Å². The molecule has 0 saturated carbocycles. The first-order valence-corrected chi connectivity index (χ1v) is 8.63. The first-order valence-electron chi connectivity index (χ1n) is 7.81. The minimum Gasteiger partial charge on any atom is -0.453 e. The van der Waals surface area contributed by atoms with Crippen LogP contribution >= 0.6 is 11.3 Å². The molecule has 0 aliphatic heterocycles. The number of hydrogen-bond acceptors (Lipinski definition) is 5. The first-order chi connectivity index (χ1) is 12.4. The summed E-state index contributed by atoms with van der Waals surface area (Å²) < 4.78 is 7.61. The first kappa shape index (κ1) is 14.1. The van der Waals surface area contributed by atoms with E-state index in [1.54, 1.807) is 4.52 Å². The van der Waals surface area contributed by atoms with Crippen LogP contribution in [0.1, 0.15) is 10.6 Å². The summed E-state index contributed by atoms with van der Waals surface area (Å²) in [5.41, 5.74) is 1.96. The van der Waals surface area contributed by atoms with Crippen LogP contribution in [0.5, 0.6) is 0 Å². The summed E-state index contributed by atoms with van der Waals surface area (Å²) in [6.45, 7) is 0. The zero-order valence-corrected chi connectivity index (χ0v) is 13.9. The lowest BCUT2D eigenvalue weighted by Crippen LogP contribution is -1.89. The van der Waals surface area contributed by atoms with Crippen molar-refractivity contribution in [3.05, 3.63) is 71.2 Å². The third-order valence-corrected chi connectivity index (χ3v) is 4.73. The van der Waals surface area contributed by atoms with Crippen molar-refractivity contribution in [3.63, 3.8) is 0 Å². The number of furan rings is 1. The number of benzene rings is 2. The van der Waals surface area contributed by atoms with E-state index in [-0.39, 0.29) is 0 Å². The van der Waals surface area contributed by atoms with Crippen LogP contribution in [0.15, 0.2) is 65.1 Å². The highest BCUT2D eigenvalue weighted by molar-refractivity contribution is 7.17. The molecule has 25 heavy (non-hydrogen) atoms. The summed E-state index contributed by atoms with van der Waals surface area (Å²) in [6, 6.07) is 20.0. The van der Waals surface area contributed by atoms with Crippen LogP contribution in [0.4, 0.5) is 0 Å². The Balaban J connectivity index is 1.54. The quantitative estimate of drug-likeness (QED) is 0.473. The SMILES string of the molecule is C(=Cc1nn2c(-c3cc4ccccc4o3)nnc2s1)c1ccccc1. The molecule has 2 aromatic carbocycles. The van der Waals surface area contributed by atoms with E-state index >= 15 is 0 Å². The molecule has 3 heterocycles. The molecule has 3 aromatic heterocycles. The molecular weight excluding hydrogens is 332 g/mol. The summed E-state index contributed by atoms with van der Waals surface area (Å²) in [6.07, 6.45) is 4.02. The Kier molecular flexibility index (Phi) is 3.21. The number of rotatable bonds is 3. The number of hydrogen-bond donors (Lipinski definition) is 0. The van der Waals surface area contributed by atoms with E-state index in [0.29, 0.717) is 11.6 Å². The van der Waals surface area contributed by atoms with Gasteiger partial charge in [-0.3, -0.25) is 0 Å². The molecule has 0 aliphatic rings. The lowest BCUT2D eigenvalue weighted by atomic mass is 10.2. The van der Waals surface area contributed by atoms with Gasteiger partial charge in [0.25, 0.3) is 0 Å². The highest BCUT2D eigenvalue weighted by Crippen LogP contribution is 2.28. The molecule has 0 atom stereocenters. The van der Waals surface area contributed by atoms with Crippen LogP contribution in [0, 0.1) is 0 Å². The van der Waals surface area contributed by atoms with Gasteiger partial charge in [-0.2, -0.15) is 9.61 Å². The lowest BCUT2D eigenvalue weighted by molar-refractivity contribution is 0.622. The Morgan fingerprint density at radius 3 is 2.64 bits per heavy atom. The maximum atomic E-state index is 5.88. The summed E-state index contributed by atoms with van der Waals surface area (Å²) in [5, 5.41) is 14.9. The predicted octanol–water partition coefficient (Wildman–Crippen LogP) is 4.77. The van der Waals surface area contributed by atoms with Gasteiger partial charge in [-0.15, -0.1) is 10.2 Å². The highest BCUT2D eigenvalue weighted by Gasteiger charge is 2.16. The van der Waals surface area contributed by atoms with Crippen LogP contribution in [-0.4, -0.2) is 19.8 Å². The molecule has 0 amide bonds. The van der Waals surface area contributed by atoms with Gasteiger partial charge in [0.05, 0.1) is 0 Å². The van der Waals surface area contributed by atoms with Crippen molar-refractivity contribution >= 4 is 39.4 Å². The number of aromatic nitrogens is 4. The fourth-order valence-electron chi connectivity index (χ4n) is 2.68. The molecule has 6 heteroatoms. The third kappa shape index (κ3) is 2.53. The summed E-state index contributed by atoms with van der Waals surface area (Å²) in [7, 11) is 0. The lowest BCUT2D eigenvalue weighted by Gasteiger charge is -1.90. The van der Waals surface area contributed by atoms with Crippen molar-refractivity contribution in [2.24, 2.45) is 0 Å². The molecule has 5 nitrogen and oxygen atoms in total. The molecule has 120 valence electrons. The molecule has 0 saturated heterocycles. The maximum absolute atomic E-state index is 5.88. The van der Waals surface area contributed by atoms with E-state index in [1.807, 2.05) is 60.7 Å². The number of nitrogens with zero attached hydrogens (tertiary/aromatic N) is 4.